The summed E-state index contributed by atoms with van der Waals surface area (Å²) in [5.74, 6) is 0. The molecule has 46 heavy (non-hydrogen) atoms. The van der Waals surface area contributed by atoms with E-state index in [0.717, 1.165) is 11.3 Å². The molecule has 0 aliphatic heterocycles. The van der Waals surface area contributed by atoms with Gasteiger partial charge in [0.2, 0.25) is 0 Å². The molecule has 0 radical (unpaired) electrons. The van der Waals surface area contributed by atoms with Crippen LogP contribution in [0.4, 0.5) is 0 Å². The number of nitrogens with two attached hydrogens (primary N) is 1. The summed E-state index contributed by atoms with van der Waals surface area (Å²) in [5, 5.41) is 7.26. The molecule has 7 aromatic carbocycles. The minimum absolute atomic E-state index is 0.0434. The number of nitrogens with zero attached hydrogens (tertiary/aromatic N) is 1. The lowest BCUT2D eigenvalue weighted by Crippen LogP contribution is -2.14. The lowest BCUT2D eigenvalue weighted by molar-refractivity contribution is 0.660. The summed E-state index contributed by atoms with van der Waals surface area (Å²) in [7, 11) is 0. The Morgan fingerprint density at radius 2 is 1.28 bits per heavy atom. The smallest absolute Gasteiger partial charge is 0.0500 e. The molecule has 0 fully saturated rings. The number of rotatable bonds is 6. The Balaban J connectivity index is 1.49. The molecule has 0 amide bonds. The van der Waals surface area contributed by atoms with Crippen molar-refractivity contribution in [3.8, 4) is 33.4 Å². The molecule has 0 bridgehead atoms. The van der Waals surface area contributed by atoms with Gasteiger partial charge in [-0.05, 0) is 95.5 Å². The van der Waals surface area contributed by atoms with E-state index >= 15 is 0 Å². The zero-order valence-electron chi connectivity index (χ0n) is 26.3. The minimum atomic E-state index is -0.0434. The molecule has 222 valence electrons. The van der Waals surface area contributed by atoms with E-state index in [1.54, 1.807) is 6.20 Å². The van der Waals surface area contributed by atoms with Gasteiger partial charge in [0.15, 0.2) is 0 Å². The highest BCUT2D eigenvalue weighted by atomic mass is 14.7. The molecule has 0 aromatic heterocycles. The van der Waals surface area contributed by atoms with Crippen LogP contribution >= 0.6 is 0 Å². The summed E-state index contributed by atoms with van der Waals surface area (Å²) >= 11 is 0. The van der Waals surface area contributed by atoms with E-state index in [9.17, 15) is 0 Å². The highest BCUT2D eigenvalue weighted by molar-refractivity contribution is 6.26. The molecule has 1 aliphatic rings. The van der Waals surface area contributed by atoms with Crippen molar-refractivity contribution in [1.82, 2.24) is 0 Å². The Kier molecular flexibility index (Phi) is 6.70. The first-order valence-electron chi connectivity index (χ1n) is 16.1. The van der Waals surface area contributed by atoms with Gasteiger partial charge in [0.25, 0.3) is 0 Å². The van der Waals surface area contributed by atoms with E-state index in [2.05, 4.69) is 148 Å². The van der Waals surface area contributed by atoms with Crippen LogP contribution < -0.4 is 5.73 Å². The average molecular weight is 593 g/mol. The van der Waals surface area contributed by atoms with E-state index in [-0.39, 0.29) is 5.41 Å². The average Bonchev–Trinajstić information content (AvgIpc) is 3.32. The molecule has 0 atom stereocenters. The standard InChI is InChI=1S/C44H36N2/c1-4-46-41(24-25-45)43-35-17-8-7-16-34(35)42(30-21-23-40-37(27-30)33-15-9-10-19-39(33)44(40,2)3)38-26-29(20-22-36(38)43)32-18-11-13-28-12-5-6-14-31(28)32/h4-23,26-27H,1,24-25,45H2,2-3H3/b46-41+. The number of hydrogen-bond acceptors (Lipinski definition) is 2. The monoisotopic (exact) mass is 592 g/mol. The fourth-order valence-corrected chi connectivity index (χ4v) is 7.82. The third-order valence-electron chi connectivity index (χ3n) is 9.91. The predicted octanol–water partition coefficient (Wildman–Crippen LogP) is 11.1. The maximum Gasteiger partial charge on any atom is 0.0500 e. The fraction of sp³-hybridized carbons (Fsp3) is 0.114. The van der Waals surface area contributed by atoms with Crippen molar-refractivity contribution in [3.63, 3.8) is 0 Å². The first-order chi connectivity index (χ1) is 22.5. The van der Waals surface area contributed by atoms with Crippen LogP contribution in [-0.2, 0) is 5.41 Å². The third-order valence-corrected chi connectivity index (χ3v) is 9.91. The minimum Gasteiger partial charge on any atom is -0.330 e. The van der Waals surface area contributed by atoms with Crippen LogP contribution in [0.15, 0.2) is 145 Å². The van der Waals surface area contributed by atoms with Crippen molar-refractivity contribution in [1.29, 1.82) is 0 Å². The topological polar surface area (TPSA) is 38.4 Å². The summed E-state index contributed by atoms with van der Waals surface area (Å²) in [6.07, 6.45) is 2.31. The van der Waals surface area contributed by atoms with Crippen molar-refractivity contribution in [2.24, 2.45) is 10.7 Å². The van der Waals surface area contributed by atoms with E-state index < -0.39 is 0 Å². The largest absolute Gasteiger partial charge is 0.330 e. The van der Waals surface area contributed by atoms with Gasteiger partial charge in [-0.2, -0.15) is 0 Å². The molecule has 1 aliphatic carbocycles. The lowest BCUT2D eigenvalue weighted by atomic mass is 9.81. The molecule has 0 unspecified atom stereocenters. The van der Waals surface area contributed by atoms with Crippen molar-refractivity contribution in [2.75, 3.05) is 6.54 Å². The summed E-state index contributed by atoms with van der Waals surface area (Å²) in [5.41, 5.74) is 18.5. The highest BCUT2D eigenvalue weighted by Gasteiger charge is 2.35. The van der Waals surface area contributed by atoms with Crippen molar-refractivity contribution >= 4 is 38.0 Å². The van der Waals surface area contributed by atoms with Gasteiger partial charge in [-0.1, -0.05) is 136 Å². The fourth-order valence-electron chi connectivity index (χ4n) is 7.82. The molecule has 0 saturated heterocycles. The Morgan fingerprint density at radius 1 is 0.630 bits per heavy atom. The van der Waals surface area contributed by atoms with E-state index in [0.29, 0.717) is 13.0 Å². The quantitative estimate of drug-likeness (QED) is 0.151. The van der Waals surface area contributed by atoms with Gasteiger partial charge >= 0.3 is 0 Å². The summed E-state index contributed by atoms with van der Waals surface area (Å²) in [6.45, 7) is 9.14. The first-order valence-corrected chi connectivity index (χ1v) is 16.1. The Hall–Kier alpha value is -5.31. The van der Waals surface area contributed by atoms with Crippen molar-refractivity contribution in [2.45, 2.75) is 25.7 Å². The number of fused-ring (bicyclic) bond motifs is 6. The van der Waals surface area contributed by atoms with Crippen LogP contribution in [-0.4, -0.2) is 12.3 Å². The van der Waals surface area contributed by atoms with E-state index in [1.165, 1.54) is 76.8 Å². The Bertz CT molecular complexity index is 2370. The van der Waals surface area contributed by atoms with E-state index in [4.69, 9.17) is 10.7 Å². The van der Waals surface area contributed by atoms with Crippen molar-refractivity contribution < 1.29 is 0 Å². The molecule has 2 N–H and O–H groups in total. The molecule has 2 heteroatoms. The van der Waals surface area contributed by atoms with Gasteiger partial charge in [-0.3, -0.25) is 4.99 Å². The second-order valence-electron chi connectivity index (χ2n) is 12.8. The molecule has 0 spiro atoms. The molecular formula is C44H36N2. The zero-order valence-corrected chi connectivity index (χ0v) is 26.3. The van der Waals surface area contributed by atoms with Gasteiger partial charge in [0, 0.05) is 23.6 Å². The van der Waals surface area contributed by atoms with Crippen LogP contribution in [0, 0.1) is 0 Å². The van der Waals surface area contributed by atoms with Gasteiger partial charge in [-0.15, -0.1) is 0 Å². The van der Waals surface area contributed by atoms with Crippen LogP contribution in [0.5, 0.6) is 0 Å². The maximum atomic E-state index is 6.16. The van der Waals surface area contributed by atoms with Crippen LogP contribution in [0.1, 0.15) is 37.0 Å². The van der Waals surface area contributed by atoms with Gasteiger partial charge in [0.05, 0.1) is 5.71 Å². The predicted molar refractivity (Wildman–Crippen MR) is 198 cm³/mol. The molecule has 0 saturated carbocycles. The zero-order chi connectivity index (χ0) is 31.4. The highest BCUT2D eigenvalue weighted by Crippen LogP contribution is 2.51. The van der Waals surface area contributed by atoms with Crippen LogP contribution in [0.3, 0.4) is 0 Å². The molecule has 2 nitrogen and oxygen atoms in total. The van der Waals surface area contributed by atoms with Gasteiger partial charge in [0.1, 0.15) is 0 Å². The maximum absolute atomic E-state index is 6.16. The molecule has 7 aromatic rings. The third kappa shape index (κ3) is 4.25. The van der Waals surface area contributed by atoms with E-state index in [1.807, 2.05) is 0 Å². The lowest BCUT2D eigenvalue weighted by Gasteiger charge is -2.22. The van der Waals surface area contributed by atoms with Crippen molar-refractivity contribution in [3.05, 3.63) is 157 Å². The molecular weight excluding hydrogens is 556 g/mol. The number of hydrogen-bond donors (Lipinski definition) is 1. The Labute approximate surface area is 270 Å². The second-order valence-corrected chi connectivity index (χ2v) is 12.8. The van der Waals surface area contributed by atoms with Gasteiger partial charge < -0.3 is 5.73 Å². The van der Waals surface area contributed by atoms with Crippen LogP contribution in [0.25, 0.3) is 65.7 Å². The SMILES string of the molecule is C=C/N=C(\CCN)c1c2ccccc2c(-c2ccc3c(c2)-c2ccccc2C3(C)C)c2cc(-c3cccc4ccccc34)ccc12. The number of benzene rings is 7. The normalized spacial score (nSPS) is 13.7. The molecule has 0 heterocycles. The second kappa shape index (κ2) is 10.9. The number of aliphatic imine (C=N–C) groups is 1. The molecule has 8 rings (SSSR count). The Morgan fingerprint density at radius 3 is 2.11 bits per heavy atom. The summed E-state index contributed by atoms with van der Waals surface area (Å²) in [4.78, 5) is 4.80. The first kappa shape index (κ1) is 28.2. The van der Waals surface area contributed by atoms with Crippen LogP contribution in [0.2, 0.25) is 0 Å². The summed E-state index contributed by atoms with van der Waals surface area (Å²) in [6, 6.07) is 46.9. The summed E-state index contributed by atoms with van der Waals surface area (Å²) < 4.78 is 0. The van der Waals surface area contributed by atoms with Gasteiger partial charge in [-0.25, -0.2) is 0 Å².